The Morgan fingerprint density at radius 3 is 2.73 bits per heavy atom. The maximum absolute atomic E-state index is 11.3. The second-order valence-electron chi connectivity index (χ2n) is 3.85. The summed E-state index contributed by atoms with van der Waals surface area (Å²) in [5.41, 5.74) is 0. The van der Waals surface area contributed by atoms with Crippen molar-refractivity contribution in [3.63, 3.8) is 0 Å². The molecule has 90 valence electrons. The van der Waals surface area contributed by atoms with Gasteiger partial charge >= 0.3 is 0 Å². The molecule has 0 aliphatic rings. The van der Waals surface area contributed by atoms with Gasteiger partial charge < -0.3 is 15.7 Å². The van der Waals surface area contributed by atoms with Crippen LogP contribution in [0.5, 0.6) is 0 Å². The Kier molecular flexibility index (Phi) is 9.52. The van der Waals surface area contributed by atoms with Crippen molar-refractivity contribution in [2.24, 2.45) is 0 Å². The SMILES string of the molecule is CCCCNC(=O)CNC(C)CCCO. The van der Waals surface area contributed by atoms with E-state index in [9.17, 15) is 4.79 Å². The molecule has 0 aromatic heterocycles. The second kappa shape index (κ2) is 9.93. The topological polar surface area (TPSA) is 61.4 Å². The largest absolute Gasteiger partial charge is 0.396 e. The van der Waals surface area contributed by atoms with Gasteiger partial charge in [-0.15, -0.1) is 0 Å². The van der Waals surface area contributed by atoms with Crippen LogP contribution >= 0.6 is 0 Å². The molecule has 0 aromatic carbocycles. The van der Waals surface area contributed by atoms with E-state index in [0.717, 1.165) is 32.2 Å². The zero-order valence-corrected chi connectivity index (χ0v) is 9.88. The number of aliphatic hydroxyl groups excluding tert-OH is 1. The minimum atomic E-state index is 0.0549. The van der Waals surface area contributed by atoms with Gasteiger partial charge in [0.25, 0.3) is 0 Å². The lowest BCUT2D eigenvalue weighted by molar-refractivity contribution is -0.120. The first-order chi connectivity index (χ1) is 7.20. The molecule has 3 N–H and O–H groups in total. The van der Waals surface area contributed by atoms with E-state index in [1.807, 2.05) is 6.92 Å². The van der Waals surface area contributed by atoms with Crippen LogP contribution in [-0.4, -0.2) is 36.8 Å². The molecular weight excluding hydrogens is 192 g/mol. The first-order valence-corrected chi connectivity index (χ1v) is 5.81. The van der Waals surface area contributed by atoms with Gasteiger partial charge in [-0.05, 0) is 26.2 Å². The highest BCUT2D eigenvalue weighted by molar-refractivity contribution is 5.77. The van der Waals surface area contributed by atoms with Gasteiger partial charge in [-0.2, -0.15) is 0 Å². The predicted molar refractivity (Wildman–Crippen MR) is 61.7 cm³/mol. The van der Waals surface area contributed by atoms with Crippen LogP contribution in [0.1, 0.15) is 39.5 Å². The lowest BCUT2D eigenvalue weighted by Gasteiger charge is -2.12. The second-order valence-corrected chi connectivity index (χ2v) is 3.85. The summed E-state index contributed by atoms with van der Waals surface area (Å²) in [4.78, 5) is 11.3. The molecule has 0 spiro atoms. The third kappa shape index (κ3) is 9.69. The lowest BCUT2D eigenvalue weighted by Crippen LogP contribution is -2.38. The van der Waals surface area contributed by atoms with E-state index in [1.165, 1.54) is 0 Å². The summed E-state index contributed by atoms with van der Waals surface area (Å²) in [7, 11) is 0. The van der Waals surface area contributed by atoms with Crippen LogP contribution in [0.2, 0.25) is 0 Å². The minimum Gasteiger partial charge on any atom is -0.396 e. The summed E-state index contributed by atoms with van der Waals surface area (Å²) in [5, 5.41) is 14.6. The van der Waals surface area contributed by atoms with E-state index < -0.39 is 0 Å². The highest BCUT2D eigenvalue weighted by Gasteiger charge is 2.04. The third-order valence-corrected chi connectivity index (χ3v) is 2.26. The van der Waals surface area contributed by atoms with Crippen LogP contribution in [0.4, 0.5) is 0 Å². The van der Waals surface area contributed by atoms with Gasteiger partial charge in [-0.3, -0.25) is 4.79 Å². The average molecular weight is 216 g/mol. The Morgan fingerprint density at radius 1 is 1.40 bits per heavy atom. The van der Waals surface area contributed by atoms with E-state index in [1.54, 1.807) is 0 Å². The van der Waals surface area contributed by atoms with Crippen molar-refractivity contribution in [3.8, 4) is 0 Å². The van der Waals surface area contributed by atoms with Crippen molar-refractivity contribution >= 4 is 5.91 Å². The number of aliphatic hydroxyl groups is 1. The number of rotatable bonds is 9. The molecule has 4 nitrogen and oxygen atoms in total. The summed E-state index contributed by atoms with van der Waals surface area (Å²) in [5.74, 6) is 0.0549. The van der Waals surface area contributed by atoms with Crippen LogP contribution in [0.15, 0.2) is 0 Å². The summed E-state index contributed by atoms with van der Waals surface area (Å²) < 4.78 is 0. The van der Waals surface area contributed by atoms with Crippen molar-refractivity contribution in [1.82, 2.24) is 10.6 Å². The molecular formula is C11H24N2O2. The van der Waals surface area contributed by atoms with Crippen LogP contribution in [0.25, 0.3) is 0 Å². The molecule has 0 aliphatic carbocycles. The first kappa shape index (κ1) is 14.4. The molecule has 1 atom stereocenters. The molecule has 0 heterocycles. The van der Waals surface area contributed by atoms with Gasteiger partial charge in [0.15, 0.2) is 0 Å². The van der Waals surface area contributed by atoms with Gasteiger partial charge in [-0.25, -0.2) is 0 Å². The smallest absolute Gasteiger partial charge is 0.233 e. The van der Waals surface area contributed by atoms with Crippen LogP contribution in [0, 0.1) is 0 Å². The molecule has 0 fully saturated rings. The fraction of sp³-hybridized carbons (Fsp3) is 0.909. The third-order valence-electron chi connectivity index (χ3n) is 2.26. The van der Waals surface area contributed by atoms with Crippen molar-refractivity contribution in [3.05, 3.63) is 0 Å². The molecule has 0 saturated heterocycles. The number of hydrogen-bond donors (Lipinski definition) is 3. The quantitative estimate of drug-likeness (QED) is 0.496. The number of amides is 1. The predicted octanol–water partition coefficient (Wildman–Crippen LogP) is 0.653. The Morgan fingerprint density at radius 2 is 2.13 bits per heavy atom. The molecule has 0 aliphatic heterocycles. The van der Waals surface area contributed by atoms with Crippen molar-refractivity contribution in [2.45, 2.75) is 45.6 Å². The Balaban J connectivity index is 3.36. The Labute approximate surface area is 92.4 Å². The van der Waals surface area contributed by atoms with Crippen molar-refractivity contribution in [2.75, 3.05) is 19.7 Å². The van der Waals surface area contributed by atoms with Gasteiger partial charge in [0.1, 0.15) is 0 Å². The molecule has 0 radical (unpaired) electrons. The number of hydrogen-bond acceptors (Lipinski definition) is 3. The van der Waals surface area contributed by atoms with E-state index >= 15 is 0 Å². The Bertz CT molecular complexity index is 163. The van der Waals surface area contributed by atoms with E-state index in [2.05, 4.69) is 17.6 Å². The summed E-state index contributed by atoms with van der Waals surface area (Å²) in [6.45, 7) is 5.48. The fourth-order valence-electron chi connectivity index (χ4n) is 1.23. The van der Waals surface area contributed by atoms with Gasteiger partial charge in [0, 0.05) is 19.2 Å². The number of unbranched alkanes of at least 4 members (excludes halogenated alkanes) is 1. The maximum atomic E-state index is 11.3. The zero-order chi connectivity index (χ0) is 11.5. The van der Waals surface area contributed by atoms with Crippen LogP contribution < -0.4 is 10.6 Å². The highest BCUT2D eigenvalue weighted by atomic mass is 16.2. The monoisotopic (exact) mass is 216 g/mol. The zero-order valence-electron chi connectivity index (χ0n) is 9.88. The molecule has 0 aromatic rings. The summed E-state index contributed by atoms with van der Waals surface area (Å²) >= 11 is 0. The highest BCUT2D eigenvalue weighted by Crippen LogP contribution is 1.94. The standard InChI is InChI=1S/C11H24N2O2/c1-3-4-7-12-11(15)9-13-10(2)6-5-8-14/h10,13-14H,3-9H2,1-2H3,(H,12,15). The normalized spacial score (nSPS) is 12.5. The average Bonchev–Trinajstić information content (AvgIpc) is 2.24. The van der Waals surface area contributed by atoms with Gasteiger partial charge in [0.2, 0.25) is 5.91 Å². The number of carbonyl (C=O) groups excluding carboxylic acids is 1. The summed E-state index contributed by atoms with van der Waals surface area (Å²) in [6.07, 6.45) is 3.82. The number of carbonyl (C=O) groups is 1. The van der Waals surface area contributed by atoms with Crippen molar-refractivity contribution in [1.29, 1.82) is 0 Å². The molecule has 15 heavy (non-hydrogen) atoms. The fourth-order valence-corrected chi connectivity index (χ4v) is 1.23. The molecule has 0 saturated carbocycles. The van der Waals surface area contributed by atoms with E-state index in [-0.39, 0.29) is 18.6 Å². The molecule has 0 rings (SSSR count). The van der Waals surface area contributed by atoms with E-state index in [0.29, 0.717) is 6.54 Å². The van der Waals surface area contributed by atoms with Gasteiger partial charge in [-0.1, -0.05) is 13.3 Å². The molecule has 1 unspecified atom stereocenters. The number of nitrogens with one attached hydrogen (secondary N) is 2. The molecule has 0 bridgehead atoms. The molecule has 4 heteroatoms. The summed E-state index contributed by atoms with van der Waals surface area (Å²) in [6, 6.07) is 0.286. The van der Waals surface area contributed by atoms with E-state index in [4.69, 9.17) is 5.11 Å². The first-order valence-electron chi connectivity index (χ1n) is 5.81. The Hall–Kier alpha value is -0.610. The molecule has 1 amide bonds. The maximum Gasteiger partial charge on any atom is 0.233 e. The minimum absolute atomic E-state index is 0.0549. The van der Waals surface area contributed by atoms with Crippen LogP contribution in [-0.2, 0) is 4.79 Å². The van der Waals surface area contributed by atoms with Crippen molar-refractivity contribution < 1.29 is 9.90 Å². The van der Waals surface area contributed by atoms with Gasteiger partial charge in [0.05, 0.1) is 6.54 Å². The lowest BCUT2D eigenvalue weighted by atomic mass is 10.2. The van der Waals surface area contributed by atoms with Crippen LogP contribution in [0.3, 0.4) is 0 Å².